The van der Waals surface area contributed by atoms with Crippen LogP contribution in [-0.2, 0) is 0 Å². The number of H-pyrrole nitrogens is 1. The number of nitriles is 1. The summed E-state index contributed by atoms with van der Waals surface area (Å²) in [6.07, 6.45) is 3.78. The SMILES string of the molecule is N#Cc1c(-c2ccco2)nc(SCC2CCNCC2)[nH]c1=O. The normalized spacial score (nSPS) is 15.6. The molecule has 1 aliphatic rings. The van der Waals surface area contributed by atoms with Gasteiger partial charge in [-0.15, -0.1) is 0 Å². The standard InChI is InChI=1S/C15H16N4O2S/c16-8-11-13(12-2-1-7-21-12)18-15(19-14(11)20)22-9-10-3-5-17-6-4-10/h1-2,7,10,17H,3-6,9H2,(H,18,19,20). The van der Waals surface area contributed by atoms with Crippen LogP contribution in [0.25, 0.3) is 11.5 Å². The molecule has 0 radical (unpaired) electrons. The van der Waals surface area contributed by atoms with Gasteiger partial charge in [0, 0.05) is 5.75 Å². The summed E-state index contributed by atoms with van der Waals surface area (Å²) in [7, 11) is 0. The molecule has 0 saturated carbocycles. The fourth-order valence-electron chi connectivity index (χ4n) is 2.46. The number of hydrogen-bond donors (Lipinski definition) is 2. The first-order chi connectivity index (χ1) is 10.8. The Hall–Kier alpha value is -2.04. The second-order valence-electron chi connectivity index (χ2n) is 5.19. The van der Waals surface area contributed by atoms with Crippen LogP contribution in [0.4, 0.5) is 0 Å². The first kappa shape index (κ1) is 14.9. The predicted molar refractivity (Wildman–Crippen MR) is 83.6 cm³/mol. The number of hydrogen-bond acceptors (Lipinski definition) is 6. The lowest BCUT2D eigenvalue weighted by Crippen LogP contribution is -2.28. The summed E-state index contributed by atoms with van der Waals surface area (Å²) < 4.78 is 5.28. The molecule has 0 bridgehead atoms. The van der Waals surface area contributed by atoms with Crippen molar-refractivity contribution in [2.45, 2.75) is 18.0 Å². The van der Waals surface area contributed by atoms with E-state index < -0.39 is 5.56 Å². The lowest BCUT2D eigenvalue weighted by atomic mass is 10.0. The molecule has 1 aliphatic heterocycles. The summed E-state index contributed by atoms with van der Waals surface area (Å²) in [5.74, 6) is 1.97. The maximum atomic E-state index is 12.1. The Morgan fingerprint density at radius 1 is 1.45 bits per heavy atom. The molecule has 0 unspecified atom stereocenters. The van der Waals surface area contributed by atoms with Crippen molar-refractivity contribution in [1.82, 2.24) is 15.3 Å². The molecule has 0 atom stereocenters. The number of piperidine rings is 1. The Balaban J connectivity index is 1.83. The van der Waals surface area contributed by atoms with Crippen molar-refractivity contribution in [1.29, 1.82) is 5.26 Å². The molecule has 6 nitrogen and oxygen atoms in total. The lowest BCUT2D eigenvalue weighted by Gasteiger charge is -2.21. The van der Waals surface area contributed by atoms with Gasteiger partial charge in [-0.1, -0.05) is 11.8 Å². The third kappa shape index (κ3) is 3.24. The molecule has 1 saturated heterocycles. The number of aromatic amines is 1. The summed E-state index contributed by atoms with van der Waals surface area (Å²) in [4.78, 5) is 19.1. The summed E-state index contributed by atoms with van der Waals surface area (Å²) in [5.41, 5.74) is -0.123. The van der Waals surface area contributed by atoms with Crippen molar-refractivity contribution in [2.24, 2.45) is 5.92 Å². The fourth-order valence-corrected chi connectivity index (χ4v) is 3.51. The number of aromatic nitrogens is 2. The molecule has 3 rings (SSSR count). The predicted octanol–water partition coefficient (Wildman–Crippen LogP) is 1.99. The Labute approximate surface area is 131 Å². The molecule has 2 N–H and O–H groups in total. The number of nitrogens with zero attached hydrogens (tertiary/aromatic N) is 2. The van der Waals surface area contributed by atoms with E-state index in [4.69, 9.17) is 9.68 Å². The third-order valence-electron chi connectivity index (χ3n) is 3.68. The van der Waals surface area contributed by atoms with Crippen molar-refractivity contribution in [2.75, 3.05) is 18.8 Å². The van der Waals surface area contributed by atoms with Gasteiger partial charge in [-0.3, -0.25) is 4.79 Å². The molecule has 22 heavy (non-hydrogen) atoms. The number of nitrogens with one attached hydrogen (secondary N) is 2. The van der Waals surface area contributed by atoms with Crippen molar-refractivity contribution in [3.63, 3.8) is 0 Å². The van der Waals surface area contributed by atoms with Crippen LogP contribution >= 0.6 is 11.8 Å². The Bertz CT molecular complexity index is 727. The van der Waals surface area contributed by atoms with Crippen LogP contribution < -0.4 is 10.9 Å². The largest absolute Gasteiger partial charge is 0.463 e. The quantitative estimate of drug-likeness (QED) is 0.662. The summed E-state index contributed by atoms with van der Waals surface area (Å²) >= 11 is 1.53. The van der Waals surface area contributed by atoms with Gasteiger partial charge in [0.1, 0.15) is 17.3 Å². The molecule has 2 aromatic heterocycles. The zero-order valence-electron chi connectivity index (χ0n) is 12.0. The maximum absolute atomic E-state index is 12.1. The molecule has 2 aromatic rings. The maximum Gasteiger partial charge on any atom is 0.270 e. The van der Waals surface area contributed by atoms with Crippen molar-refractivity contribution in [3.8, 4) is 17.5 Å². The zero-order valence-corrected chi connectivity index (χ0v) is 12.8. The van der Waals surface area contributed by atoms with Crippen LogP contribution in [0.5, 0.6) is 0 Å². The second-order valence-corrected chi connectivity index (χ2v) is 6.20. The smallest absolute Gasteiger partial charge is 0.270 e. The minimum atomic E-state index is -0.420. The van der Waals surface area contributed by atoms with Crippen molar-refractivity contribution >= 4 is 11.8 Å². The van der Waals surface area contributed by atoms with Gasteiger partial charge in [-0.25, -0.2) is 4.98 Å². The topological polar surface area (TPSA) is 94.7 Å². The first-order valence-electron chi connectivity index (χ1n) is 7.19. The molecular weight excluding hydrogens is 300 g/mol. The summed E-state index contributed by atoms with van der Waals surface area (Å²) in [5, 5.41) is 13.0. The molecule has 0 aliphatic carbocycles. The number of rotatable bonds is 4. The van der Waals surface area contributed by atoms with E-state index in [1.807, 2.05) is 6.07 Å². The molecule has 0 spiro atoms. The Morgan fingerprint density at radius 2 is 2.27 bits per heavy atom. The minimum absolute atomic E-state index is 0.0128. The lowest BCUT2D eigenvalue weighted by molar-refractivity contribution is 0.407. The highest BCUT2D eigenvalue weighted by Crippen LogP contribution is 2.25. The molecule has 114 valence electrons. The van der Waals surface area contributed by atoms with Crippen LogP contribution in [0.3, 0.4) is 0 Å². The monoisotopic (exact) mass is 316 g/mol. The molecular formula is C15H16N4O2S. The molecule has 3 heterocycles. The highest BCUT2D eigenvalue weighted by molar-refractivity contribution is 7.99. The minimum Gasteiger partial charge on any atom is -0.463 e. The zero-order chi connectivity index (χ0) is 15.4. The molecule has 1 fully saturated rings. The van der Waals surface area contributed by atoms with Gasteiger partial charge < -0.3 is 14.7 Å². The average molecular weight is 316 g/mol. The van der Waals surface area contributed by atoms with Crippen molar-refractivity contribution in [3.05, 3.63) is 34.3 Å². The Kier molecular flexibility index (Phi) is 4.61. The van der Waals surface area contributed by atoms with Gasteiger partial charge in [0.25, 0.3) is 5.56 Å². The number of thioether (sulfide) groups is 1. The van der Waals surface area contributed by atoms with Crippen molar-refractivity contribution < 1.29 is 4.42 Å². The average Bonchev–Trinajstić information content (AvgIpc) is 3.07. The van der Waals surface area contributed by atoms with E-state index in [-0.39, 0.29) is 5.56 Å². The van der Waals surface area contributed by atoms with E-state index in [1.54, 1.807) is 12.1 Å². The molecule has 0 aromatic carbocycles. The fraction of sp³-hybridized carbons (Fsp3) is 0.400. The third-order valence-corrected chi connectivity index (χ3v) is 4.78. The molecule has 7 heteroatoms. The Morgan fingerprint density at radius 3 is 2.95 bits per heavy atom. The van der Waals surface area contributed by atoms with Crippen LogP contribution in [-0.4, -0.2) is 28.8 Å². The van der Waals surface area contributed by atoms with Crippen LogP contribution in [0.1, 0.15) is 18.4 Å². The van der Waals surface area contributed by atoms with Crippen LogP contribution in [0.2, 0.25) is 0 Å². The van der Waals surface area contributed by atoms with Gasteiger partial charge >= 0.3 is 0 Å². The number of furan rings is 1. The van der Waals surface area contributed by atoms with Gasteiger partial charge in [-0.2, -0.15) is 5.26 Å². The van der Waals surface area contributed by atoms with Gasteiger partial charge in [0.15, 0.2) is 10.9 Å². The summed E-state index contributed by atoms with van der Waals surface area (Å²) in [6, 6.07) is 5.31. The van der Waals surface area contributed by atoms with E-state index >= 15 is 0 Å². The van der Waals surface area contributed by atoms with Crippen LogP contribution in [0.15, 0.2) is 32.8 Å². The van der Waals surface area contributed by atoms with Crippen LogP contribution in [0, 0.1) is 17.2 Å². The van der Waals surface area contributed by atoms with Gasteiger partial charge in [0.05, 0.1) is 6.26 Å². The second kappa shape index (κ2) is 6.81. The van der Waals surface area contributed by atoms with E-state index in [2.05, 4.69) is 15.3 Å². The van der Waals surface area contributed by atoms with E-state index in [0.717, 1.165) is 31.7 Å². The van der Waals surface area contributed by atoms with Gasteiger partial charge in [0.2, 0.25) is 0 Å². The molecule has 0 amide bonds. The van der Waals surface area contributed by atoms with E-state index in [1.165, 1.54) is 18.0 Å². The van der Waals surface area contributed by atoms with Gasteiger partial charge in [-0.05, 0) is 44.0 Å². The highest BCUT2D eigenvalue weighted by atomic mass is 32.2. The summed E-state index contributed by atoms with van der Waals surface area (Å²) in [6.45, 7) is 2.08. The van der Waals surface area contributed by atoms with E-state index in [0.29, 0.717) is 22.5 Å². The van der Waals surface area contributed by atoms with E-state index in [9.17, 15) is 4.79 Å². The highest BCUT2D eigenvalue weighted by Gasteiger charge is 2.17. The first-order valence-corrected chi connectivity index (χ1v) is 8.18.